The average Bonchev–Trinajstić information content (AvgIpc) is 2.90. The van der Waals surface area contributed by atoms with E-state index in [4.69, 9.17) is 9.47 Å². The number of nitro groups is 1. The molecule has 0 aliphatic carbocycles. The number of hydrogen-bond acceptors (Lipinski definition) is 7. The predicted octanol–water partition coefficient (Wildman–Crippen LogP) is 2.85. The Morgan fingerprint density at radius 2 is 2.00 bits per heavy atom. The molecule has 1 heterocycles. The van der Waals surface area contributed by atoms with Gasteiger partial charge in [0.05, 0.1) is 11.5 Å². The van der Waals surface area contributed by atoms with Crippen LogP contribution in [0.4, 0.5) is 10.5 Å². The Morgan fingerprint density at radius 1 is 1.32 bits per heavy atom. The highest BCUT2D eigenvalue weighted by Crippen LogP contribution is 2.31. The number of nitrogens with zero attached hydrogens (tertiary/aromatic N) is 2. The number of imide groups is 1. The fourth-order valence-corrected chi connectivity index (χ4v) is 3.05. The molecular formula is C19H24N2O7. The molecule has 1 aromatic rings. The van der Waals surface area contributed by atoms with Gasteiger partial charge in [0, 0.05) is 18.1 Å². The molecule has 0 spiro atoms. The molecule has 9 heteroatoms. The van der Waals surface area contributed by atoms with Gasteiger partial charge in [0.2, 0.25) is 5.91 Å². The van der Waals surface area contributed by atoms with Crippen LogP contribution in [-0.2, 0) is 25.5 Å². The summed E-state index contributed by atoms with van der Waals surface area (Å²) in [6, 6.07) is 4.85. The minimum atomic E-state index is -1.08. The van der Waals surface area contributed by atoms with Gasteiger partial charge in [-0.05, 0) is 46.1 Å². The van der Waals surface area contributed by atoms with Crippen molar-refractivity contribution in [2.24, 2.45) is 5.92 Å². The van der Waals surface area contributed by atoms with Crippen molar-refractivity contribution in [2.75, 3.05) is 6.61 Å². The van der Waals surface area contributed by atoms with E-state index in [0.717, 1.165) is 4.90 Å². The van der Waals surface area contributed by atoms with Crippen molar-refractivity contribution in [3.8, 4) is 0 Å². The number of hydrogen-bond donors (Lipinski definition) is 0. The number of non-ortho nitro benzene ring substituents is 1. The third kappa shape index (κ3) is 5.05. The first-order chi connectivity index (χ1) is 13.0. The largest absolute Gasteiger partial charge is 0.464 e. The topological polar surface area (TPSA) is 116 Å². The number of ether oxygens (including phenoxy) is 2. The molecule has 1 fully saturated rings. The van der Waals surface area contributed by atoms with Crippen LogP contribution in [0.3, 0.4) is 0 Å². The zero-order valence-corrected chi connectivity index (χ0v) is 16.3. The maximum atomic E-state index is 12.9. The lowest BCUT2D eigenvalue weighted by molar-refractivity contribution is -0.384. The van der Waals surface area contributed by atoms with Gasteiger partial charge in [-0.25, -0.2) is 14.5 Å². The lowest BCUT2D eigenvalue weighted by atomic mass is 9.96. The molecule has 1 aliphatic heterocycles. The summed E-state index contributed by atoms with van der Waals surface area (Å²) < 4.78 is 10.3. The van der Waals surface area contributed by atoms with E-state index >= 15 is 0 Å². The van der Waals surface area contributed by atoms with Crippen LogP contribution in [-0.4, -0.2) is 46.0 Å². The number of carbonyl (C=O) groups is 3. The number of nitro benzene ring substituents is 1. The Labute approximate surface area is 162 Å². The Morgan fingerprint density at radius 3 is 2.57 bits per heavy atom. The van der Waals surface area contributed by atoms with E-state index in [2.05, 4.69) is 0 Å². The first-order valence-electron chi connectivity index (χ1n) is 8.99. The molecule has 2 amide bonds. The fraction of sp³-hybridized carbons (Fsp3) is 0.526. The Kier molecular flexibility index (Phi) is 6.37. The van der Waals surface area contributed by atoms with Gasteiger partial charge in [-0.2, -0.15) is 0 Å². The fourth-order valence-electron chi connectivity index (χ4n) is 3.05. The summed E-state index contributed by atoms with van der Waals surface area (Å²) in [6.07, 6.45) is -0.674. The minimum absolute atomic E-state index is 0.0690. The van der Waals surface area contributed by atoms with Gasteiger partial charge in [-0.3, -0.25) is 14.9 Å². The van der Waals surface area contributed by atoms with Crippen molar-refractivity contribution < 1.29 is 28.8 Å². The van der Waals surface area contributed by atoms with Crippen LogP contribution < -0.4 is 0 Å². The van der Waals surface area contributed by atoms with Gasteiger partial charge in [0.25, 0.3) is 5.69 Å². The third-order valence-corrected chi connectivity index (χ3v) is 4.16. The molecule has 1 aromatic carbocycles. The quantitative estimate of drug-likeness (QED) is 0.430. The predicted molar refractivity (Wildman–Crippen MR) is 98.4 cm³/mol. The first-order valence-corrected chi connectivity index (χ1v) is 8.99. The smallest absolute Gasteiger partial charge is 0.417 e. The molecule has 0 aromatic heterocycles. The second-order valence-electron chi connectivity index (χ2n) is 7.52. The minimum Gasteiger partial charge on any atom is -0.464 e. The number of benzene rings is 1. The van der Waals surface area contributed by atoms with Gasteiger partial charge in [0.15, 0.2) is 0 Å². The molecule has 0 N–H and O–H groups in total. The Hall–Kier alpha value is -2.97. The van der Waals surface area contributed by atoms with Crippen LogP contribution in [0.25, 0.3) is 0 Å². The van der Waals surface area contributed by atoms with Gasteiger partial charge >= 0.3 is 12.1 Å². The Balaban J connectivity index is 2.26. The monoisotopic (exact) mass is 392 g/mol. The number of likely N-dealkylation sites (tertiary alicyclic amines) is 1. The van der Waals surface area contributed by atoms with Crippen molar-refractivity contribution in [2.45, 2.75) is 52.2 Å². The van der Waals surface area contributed by atoms with E-state index in [0.29, 0.717) is 5.56 Å². The molecule has 2 rings (SSSR count). The summed E-state index contributed by atoms with van der Waals surface area (Å²) in [5, 5.41) is 11.0. The Bertz CT molecular complexity index is 785. The van der Waals surface area contributed by atoms with Crippen molar-refractivity contribution in [1.29, 1.82) is 0 Å². The number of amides is 2. The van der Waals surface area contributed by atoms with Crippen molar-refractivity contribution in [3.63, 3.8) is 0 Å². The van der Waals surface area contributed by atoms with E-state index in [9.17, 15) is 24.5 Å². The van der Waals surface area contributed by atoms with Gasteiger partial charge < -0.3 is 9.47 Å². The molecular weight excluding hydrogens is 368 g/mol. The van der Waals surface area contributed by atoms with Crippen LogP contribution in [0.15, 0.2) is 24.3 Å². The van der Waals surface area contributed by atoms with E-state index < -0.39 is 40.5 Å². The molecule has 0 bridgehead atoms. The van der Waals surface area contributed by atoms with E-state index in [-0.39, 0.29) is 25.1 Å². The van der Waals surface area contributed by atoms with Crippen molar-refractivity contribution >= 4 is 23.7 Å². The SMILES string of the molecule is CCOC(=O)[C@H]1C[C@H](Cc2cccc([N+](=O)[O-])c2)C(=O)N1C(=O)OC(C)(C)C. The molecule has 2 atom stereocenters. The maximum absolute atomic E-state index is 12.9. The molecule has 0 radical (unpaired) electrons. The highest BCUT2D eigenvalue weighted by molar-refractivity contribution is 6.00. The lowest BCUT2D eigenvalue weighted by Gasteiger charge is -2.26. The summed E-state index contributed by atoms with van der Waals surface area (Å²) in [4.78, 5) is 48.9. The van der Waals surface area contributed by atoms with Crippen LogP contribution >= 0.6 is 0 Å². The van der Waals surface area contributed by atoms with E-state index in [1.54, 1.807) is 33.8 Å². The average molecular weight is 392 g/mol. The number of rotatable bonds is 5. The highest BCUT2D eigenvalue weighted by atomic mass is 16.6. The zero-order valence-electron chi connectivity index (χ0n) is 16.3. The molecule has 0 unspecified atom stereocenters. The lowest BCUT2D eigenvalue weighted by Crippen LogP contribution is -2.46. The van der Waals surface area contributed by atoms with Crippen LogP contribution in [0.1, 0.15) is 39.7 Å². The molecule has 28 heavy (non-hydrogen) atoms. The summed E-state index contributed by atoms with van der Waals surface area (Å²) in [5.74, 6) is -1.93. The van der Waals surface area contributed by atoms with Crippen LogP contribution in [0.2, 0.25) is 0 Å². The van der Waals surface area contributed by atoms with Crippen LogP contribution in [0.5, 0.6) is 0 Å². The number of esters is 1. The van der Waals surface area contributed by atoms with Gasteiger partial charge in [-0.15, -0.1) is 0 Å². The van der Waals surface area contributed by atoms with Crippen LogP contribution in [0, 0.1) is 16.0 Å². The van der Waals surface area contributed by atoms with Crippen molar-refractivity contribution in [3.05, 3.63) is 39.9 Å². The van der Waals surface area contributed by atoms with Gasteiger partial charge in [0.1, 0.15) is 11.6 Å². The molecule has 152 valence electrons. The summed E-state index contributed by atoms with van der Waals surface area (Å²) in [5.41, 5.74) is -0.357. The zero-order chi connectivity index (χ0) is 21.1. The normalized spacial score (nSPS) is 19.4. The standard InChI is InChI=1S/C19H24N2O7/c1-5-27-17(23)15-11-13(9-12-7-6-8-14(10-12)21(25)26)16(22)20(15)18(24)28-19(2,3)4/h6-8,10,13,15H,5,9,11H2,1-4H3/t13-,15+/m0/s1. The summed E-state index contributed by atoms with van der Waals surface area (Å²) >= 11 is 0. The molecule has 1 aliphatic rings. The summed E-state index contributed by atoms with van der Waals surface area (Å²) in [6.45, 7) is 6.72. The van der Waals surface area contributed by atoms with E-state index in [1.807, 2.05) is 0 Å². The van der Waals surface area contributed by atoms with Gasteiger partial charge in [-0.1, -0.05) is 12.1 Å². The maximum Gasteiger partial charge on any atom is 0.417 e. The van der Waals surface area contributed by atoms with Crippen molar-refractivity contribution in [1.82, 2.24) is 4.90 Å². The van der Waals surface area contributed by atoms with E-state index in [1.165, 1.54) is 18.2 Å². The first kappa shape index (κ1) is 21.3. The highest BCUT2D eigenvalue weighted by Gasteiger charge is 2.48. The molecule has 1 saturated heterocycles. The second-order valence-corrected chi connectivity index (χ2v) is 7.52. The number of carbonyl (C=O) groups excluding carboxylic acids is 3. The summed E-state index contributed by atoms with van der Waals surface area (Å²) in [7, 11) is 0. The molecule has 0 saturated carbocycles. The third-order valence-electron chi connectivity index (χ3n) is 4.16. The molecule has 9 nitrogen and oxygen atoms in total. The second kappa shape index (κ2) is 8.37.